The summed E-state index contributed by atoms with van der Waals surface area (Å²) in [5, 5.41) is 0. The zero-order valence-electron chi connectivity index (χ0n) is 11.4. The Bertz CT molecular complexity index is 216. The molecule has 1 aliphatic heterocycles. The van der Waals surface area contributed by atoms with Crippen molar-refractivity contribution in [3.63, 3.8) is 0 Å². The van der Waals surface area contributed by atoms with Crippen LogP contribution in [0.3, 0.4) is 0 Å². The Labute approximate surface area is 105 Å². The summed E-state index contributed by atoms with van der Waals surface area (Å²) in [5.74, 6) is 0.661. The number of ether oxygens (including phenoxy) is 2. The lowest BCUT2D eigenvalue weighted by Crippen LogP contribution is -2.38. The van der Waals surface area contributed by atoms with Crippen molar-refractivity contribution in [2.75, 3.05) is 33.4 Å². The van der Waals surface area contributed by atoms with Crippen LogP contribution in [0.2, 0.25) is 0 Å². The molecule has 2 rings (SSSR count). The molecule has 0 atom stereocenters. The van der Waals surface area contributed by atoms with Gasteiger partial charge in [0.2, 0.25) is 0 Å². The van der Waals surface area contributed by atoms with Gasteiger partial charge < -0.3 is 14.4 Å². The second-order valence-corrected chi connectivity index (χ2v) is 5.67. The average molecular weight is 241 g/mol. The second kappa shape index (κ2) is 6.17. The molecule has 1 heterocycles. The molecule has 1 saturated carbocycles. The third-order valence-electron chi connectivity index (χ3n) is 4.14. The predicted molar refractivity (Wildman–Crippen MR) is 69.0 cm³/mol. The fourth-order valence-corrected chi connectivity index (χ4v) is 3.05. The first-order chi connectivity index (χ1) is 8.24. The molecule has 100 valence electrons. The van der Waals surface area contributed by atoms with Gasteiger partial charge in [0.05, 0.1) is 13.2 Å². The standard InChI is InChI=1S/C14H27NO2/c1-3-4-9-15(2)12-13-5-7-14(8-6-13)16-10-11-17-14/h13H,3-12H2,1-2H3. The molecule has 0 aromatic heterocycles. The summed E-state index contributed by atoms with van der Waals surface area (Å²) in [7, 11) is 2.25. The van der Waals surface area contributed by atoms with Crippen LogP contribution in [0.4, 0.5) is 0 Å². The van der Waals surface area contributed by atoms with Gasteiger partial charge in [-0.2, -0.15) is 0 Å². The van der Waals surface area contributed by atoms with Gasteiger partial charge >= 0.3 is 0 Å². The van der Waals surface area contributed by atoms with Crippen LogP contribution in [0.15, 0.2) is 0 Å². The van der Waals surface area contributed by atoms with E-state index in [9.17, 15) is 0 Å². The first-order valence-electron chi connectivity index (χ1n) is 7.20. The van der Waals surface area contributed by atoms with Crippen molar-refractivity contribution in [2.45, 2.75) is 51.2 Å². The molecule has 3 heteroatoms. The summed E-state index contributed by atoms with van der Waals surface area (Å²) < 4.78 is 11.5. The van der Waals surface area contributed by atoms with E-state index in [0.29, 0.717) is 0 Å². The molecule has 1 spiro atoms. The van der Waals surface area contributed by atoms with Crippen LogP contribution in [0.1, 0.15) is 45.4 Å². The van der Waals surface area contributed by atoms with Gasteiger partial charge in [0.15, 0.2) is 5.79 Å². The summed E-state index contributed by atoms with van der Waals surface area (Å²) in [5.41, 5.74) is 0. The summed E-state index contributed by atoms with van der Waals surface area (Å²) >= 11 is 0. The van der Waals surface area contributed by atoms with E-state index in [2.05, 4.69) is 18.9 Å². The number of nitrogens with zero attached hydrogens (tertiary/aromatic N) is 1. The van der Waals surface area contributed by atoms with Crippen molar-refractivity contribution < 1.29 is 9.47 Å². The lowest BCUT2D eigenvalue weighted by atomic mass is 9.85. The molecular formula is C14H27NO2. The molecule has 0 bridgehead atoms. The molecule has 2 fully saturated rings. The van der Waals surface area contributed by atoms with Crippen molar-refractivity contribution in [1.29, 1.82) is 0 Å². The van der Waals surface area contributed by atoms with Gasteiger partial charge in [-0.15, -0.1) is 0 Å². The van der Waals surface area contributed by atoms with Crippen LogP contribution in [-0.4, -0.2) is 44.0 Å². The van der Waals surface area contributed by atoms with E-state index in [1.54, 1.807) is 0 Å². The minimum Gasteiger partial charge on any atom is -0.348 e. The molecule has 0 unspecified atom stereocenters. The zero-order valence-corrected chi connectivity index (χ0v) is 11.4. The first kappa shape index (κ1) is 13.3. The highest BCUT2D eigenvalue weighted by atomic mass is 16.7. The minimum atomic E-state index is -0.182. The molecule has 0 aromatic rings. The van der Waals surface area contributed by atoms with E-state index in [0.717, 1.165) is 32.0 Å². The maximum atomic E-state index is 5.76. The molecule has 0 amide bonds. The lowest BCUT2D eigenvalue weighted by molar-refractivity contribution is -0.183. The number of unbranched alkanes of at least 4 members (excludes halogenated alkanes) is 1. The van der Waals surface area contributed by atoms with Gasteiger partial charge in [0.1, 0.15) is 0 Å². The molecule has 0 aromatic carbocycles. The van der Waals surface area contributed by atoms with Crippen LogP contribution in [-0.2, 0) is 9.47 Å². The maximum Gasteiger partial charge on any atom is 0.168 e. The Balaban J connectivity index is 1.68. The third kappa shape index (κ3) is 3.67. The monoisotopic (exact) mass is 241 g/mol. The Morgan fingerprint density at radius 1 is 1.18 bits per heavy atom. The Hall–Kier alpha value is -0.120. The highest BCUT2D eigenvalue weighted by molar-refractivity contribution is 4.83. The SMILES string of the molecule is CCCCN(C)CC1CCC2(CC1)OCCO2. The van der Waals surface area contributed by atoms with Gasteiger partial charge in [0.25, 0.3) is 0 Å². The molecule has 3 nitrogen and oxygen atoms in total. The molecule has 2 aliphatic rings. The van der Waals surface area contributed by atoms with Gasteiger partial charge in [-0.05, 0) is 38.8 Å². The highest BCUT2D eigenvalue weighted by Crippen LogP contribution is 2.38. The Kier molecular flexibility index (Phi) is 4.83. The smallest absolute Gasteiger partial charge is 0.168 e. The van der Waals surface area contributed by atoms with E-state index in [-0.39, 0.29) is 5.79 Å². The van der Waals surface area contributed by atoms with E-state index in [1.807, 2.05) is 0 Å². The van der Waals surface area contributed by atoms with Crippen LogP contribution >= 0.6 is 0 Å². The number of hydrogen-bond acceptors (Lipinski definition) is 3. The van der Waals surface area contributed by atoms with Crippen molar-refractivity contribution in [3.05, 3.63) is 0 Å². The van der Waals surface area contributed by atoms with Crippen LogP contribution in [0, 0.1) is 5.92 Å². The predicted octanol–water partition coefficient (Wildman–Crippen LogP) is 2.65. The average Bonchev–Trinajstić information content (AvgIpc) is 2.79. The third-order valence-corrected chi connectivity index (χ3v) is 4.14. The van der Waals surface area contributed by atoms with Crippen LogP contribution < -0.4 is 0 Å². The van der Waals surface area contributed by atoms with Gasteiger partial charge in [0, 0.05) is 19.4 Å². The fraction of sp³-hybridized carbons (Fsp3) is 1.00. The first-order valence-corrected chi connectivity index (χ1v) is 7.20. The largest absolute Gasteiger partial charge is 0.348 e. The van der Waals surface area contributed by atoms with Crippen molar-refractivity contribution >= 4 is 0 Å². The van der Waals surface area contributed by atoms with Crippen LogP contribution in [0.5, 0.6) is 0 Å². The number of rotatable bonds is 5. The summed E-state index contributed by atoms with van der Waals surface area (Å²) in [4.78, 5) is 2.49. The molecular weight excluding hydrogens is 214 g/mol. The van der Waals surface area contributed by atoms with Crippen molar-refractivity contribution in [3.8, 4) is 0 Å². The summed E-state index contributed by atoms with van der Waals surface area (Å²) in [6.07, 6.45) is 7.32. The topological polar surface area (TPSA) is 21.7 Å². The molecule has 0 N–H and O–H groups in total. The quantitative estimate of drug-likeness (QED) is 0.738. The molecule has 0 radical (unpaired) electrons. The van der Waals surface area contributed by atoms with E-state index >= 15 is 0 Å². The van der Waals surface area contributed by atoms with E-state index in [4.69, 9.17) is 9.47 Å². The summed E-state index contributed by atoms with van der Waals surface area (Å²) in [6.45, 7) is 6.33. The Morgan fingerprint density at radius 3 is 2.41 bits per heavy atom. The van der Waals surface area contributed by atoms with Gasteiger partial charge in [-0.3, -0.25) is 0 Å². The van der Waals surface area contributed by atoms with Crippen LogP contribution in [0.25, 0.3) is 0 Å². The van der Waals surface area contributed by atoms with Gasteiger partial charge in [-0.25, -0.2) is 0 Å². The van der Waals surface area contributed by atoms with Crippen molar-refractivity contribution in [1.82, 2.24) is 4.90 Å². The highest BCUT2D eigenvalue weighted by Gasteiger charge is 2.40. The Morgan fingerprint density at radius 2 is 1.82 bits per heavy atom. The van der Waals surface area contributed by atoms with Crippen molar-refractivity contribution in [2.24, 2.45) is 5.92 Å². The molecule has 1 aliphatic carbocycles. The molecule has 1 saturated heterocycles. The second-order valence-electron chi connectivity index (χ2n) is 5.67. The zero-order chi connectivity index (χ0) is 12.1. The van der Waals surface area contributed by atoms with E-state index < -0.39 is 0 Å². The fourth-order valence-electron chi connectivity index (χ4n) is 3.05. The minimum absolute atomic E-state index is 0.182. The maximum absolute atomic E-state index is 5.76. The van der Waals surface area contributed by atoms with E-state index in [1.165, 1.54) is 38.8 Å². The summed E-state index contributed by atoms with van der Waals surface area (Å²) in [6, 6.07) is 0. The number of hydrogen-bond donors (Lipinski definition) is 0. The molecule has 17 heavy (non-hydrogen) atoms. The lowest BCUT2D eigenvalue weighted by Gasteiger charge is -2.36. The van der Waals surface area contributed by atoms with Gasteiger partial charge in [-0.1, -0.05) is 13.3 Å². The normalized spacial score (nSPS) is 24.9.